The quantitative estimate of drug-likeness (QED) is 0.834. The summed E-state index contributed by atoms with van der Waals surface area (Å²) < 4.78 is 0. The molecule has 1 fully saturated rings. The van der Waals surface area contributed by atoms with Crippen molar-refractivity contribution in [1.82, 2.24) is 4.90 Å². The predicted molar refractivity (Wildman–Crippen MR) is 109 cm³/mol. The highest BCUT2D eigenvalue weighted by molar-refractivity contribution is 8.14. The van der Waals surface area contributed by atoms with Crippen molar-refractivity contribution in [2.45, 2.75) is 13.0 Å². The van der Waals surface area contributed by atoms with Gasteiger partial charge in [-0.3, -0.25) is 4.79 Å². The molecule has 26 heavy (non-hydrogen) atoms. The lowest BCUT2D eigenvalue weighted by molar-refractivity contribution is -0.113. The minimum absolute atomic E-state index is 0.119. The summed E-state index contributed by atoms with van der Waals surface area (Å²) in [7, 11) is 0. The number of aliphatic imine (C=N–C) groups is 1. The fraction of sp³-hybridized carbons (Fsp3) is 0.200. The minimum atomic E-state index is -0.127. The van der Waals surface area contributed by atoms with E-state index in [0.717, 1.165) is 34.4 Å². The zero-order chi connectivity index (χ0) is 18.1. The Balaban J connectivity index is 1.72. The SMILES string of the molecule is CC1=C(C(=O)Nc2ccc(Cl)cc2)C(c2ccccc2)N2CCSC2=N1. The van der Waals surface area contributed by atoms with E-state index in [2.05, 4.69) is 27.3 Å². The first-order chi connectivity index (χ1) is 12.6. The zero-order valence-electron chi connectivity index (χ0n) is 14.3. The molecule has 1 amide bonds. The molecule has 6 heteroatoms. The summed E-state index contributed by atoms with van der Waals surface area (Å²) in [5, 5.41) is 4.63. The molecular formula is C20H18ClN3OS. The van der Waals surface area contributed by atoms with Gasteiger partial charge >= 0.3 is 0 Å². The van der Waals surface area contributed by atoms with Gasteiger partial charge in [0.25, 0.3) is 5.91 Å². The molecule has 132 valence electrons. The van der Waals surface area contributed by atoms with Gasteiger partial charge in [0.2, 0.25) is 0 Å². The lowest BCUT2D eigenvalue weighted by Crippen LogP contribution is -2.37. The number of amidine groups is 1. The zero-order valence-corrected chi connectivity index (χ0v) is 15.8. The molecule has 0 spiro atoms. The van der Waals surface area contributed by atoms with E-state index in [1.54, 1.807) is 36.0 Å². The molecule has 0 bridgehead atoms. The normalized spacial score (nSPS) is 19.2. The van der Waals surface area contributed by atoms with Crippen molar-refractivity contribution in [2.75, 3.05) is 17.6 Å². The Morgan fingerprint density at radius 2 is 1.92 bits per heavy atom. The van der Waals surface area contributed by atoms with E-state index >= 15 is 0 Å². The van der Waals surface area contributed by atoms with E-state index in [-0.39, 0.29) is 11.9 Å². The molecule has 2 aliphatic heterocycles. The molecule has 1 atom stereocenters. The van der Waals surface area contributed by atoms with Gasteiger partial charge in [-0.15, -0.1) is 0 Å². The number of thioether (sulfide) groups is 1. The van der Waals surface area contributed by atoms with Gasteiger partial charge in [-0.1, -0.05) is 53.7 Å². The minimum Gasteiger partial charge on any atom is -0.339 e. The first-order valence-corrected chi connectivity index (χ1v) is 9.80. The van der Waals surface area contributed by atoms with Crippen molar-refractivity contribution >= 4 is 40.1 Å². The largest absolute Gasteiger partial charge is 0.339 e. The number of allylic oxidation sites excluding steroid dienone is 1. The molecule has 1 unspecified atom stereocenters. The Bertz CT molecular complexity index is 893. The third-order valence-corrected chi connectivity index (χ3v) is 5.73. The number of hydrogen-bond donors (Lipinski definition) is 1. The van der Waals surface area contributed by atoms with Gasteiger partial charge < -0.3 is 10.2 Å². The molecule has 0 aliphatic carbocycles. The highest BCUT2D eigenvalue weighted by Gasteiger charge is 2.38. The molecule has 0 radical (unpaired) electrons. The van der Waals surface area contributed by atoms with Crippen molar-refractivity contribution in [3.63, 3.8) is 0 Å². The van der Waals surface area contributed by atoms with Gasteiger partial charge in [0.1, 0.15) is 0 Å². The van der Waals surface area contributed by atoms with Crippen LogP contribution in [-0.4, -0.2) is 28.3 Å². The Morgan fingerprint density at radius 3 is 2.65 bits per heavy atom. The van der Waals surface area contributed by atoms with Crippen molar-refractivity contribution in [3.05, 3.63) is 76.5 Å². The van der Waals surface area contributed by atoms with Crippen LogP contribution in [0.15, 0.2) is 70.9 Å². The van der Waals surface area contributed by atoms with E-state index in [1.165, 1.54) is 0 Å². The molecule has 1 N–H and O–H groups in total. The van der Waals surface area contributed by atoms with Crippen LogP contribution in [0.25, 0.3) is 0 Å². The number of carbonyl (C=O) groups excluding carboxylic acids is 1. The summed E-state index contributed by atoms with van der Waals surface area (Å²) in [6.07, 6.45) is 0. The Labute approximate surface area is 161 Å². The number of rotatable bonds is 3. The number of benzene rings is 2. The summed E-state index contributed by atoms with van der Waals surface area (Å²) in [6, 6.07) is 17.2. The summed E-state index contributed by atoms with van der Waals surface area (Å²) in [6.45, 7) is 2.80. The highest BCUT2D eigenvalue weighted by atomic mass is 35.5. The summed E-state index contributed by atoms with van der Waals surface area (Å²) in [5.74, 6) is 0.861. The topological polar surface area (TPSA) is 44.7 Å². The van der Waals surface area contributed by atoms with E-state index in [1.807, 2.05) is 25.1 Å². The molecular weight excluding hydrogens is 366 g/mol. The molecule has 2 heterocycles. The predicted octanol–water partition coefficient (Wildman–Crippen LogP) is 4.71. The number of amides is 1. The van der Waals surface area contributed by atoms with Crippen LogP contribution < -0.4 is 5.32 Å². The number of fused-ring (bicyclic) bond motifs is 1. The number of nitrogens with zero attached hydrogens (tertiary/aromatic N) is 2. The molecule has 4 rings (SSSR count). The molecule has 2 aromatic rings. The smallest absolute Gasteiger partial charge is 0.255 e. The molecule has 2 aliphatic rings. The third kappa shape index (κ3) is 3.24. The van der Waals surface area contributed by atoms with Gasteiger partial charge in [0.15, 0.2) is 5.17 Å². The van der Waals surface area contributed by atoms with Crippen molar-refractivity contribution in [1.29, 1.82) is 0 Å². The second-order valence-electron chi connectivity index (χ2n) is 6.21. The maximum absolute atomic E-state index is 13.1. The summed E-state index contributed by atoms with van der Waals surface area (Å²) >= 11 is 7.68. The standard InChI is InChI=1S/C20H18ClN3OS/c1-13-17(19(25)23-16-9-7-15(21)8-10-16)18(14-5-3-2-4-6-14)24-11-12-26-20(24)22-13/h2-10,18H,11-12H2,1H3,(H,23,25). The van der Waals surface area contributed by atoms with Crippen molar-refractivity contribution < 1.29 is 4.79 Å². The lowest BCUT2D eigenvalue weighted by atomic mass is 9.94. The lowest BCUT2D eigenvalue weighted by Gasteiger charge is -2.34. The number of hydrogen-bond acceptors (Lipinski definition) is 4. The second kappa shape index (κ2) is 7.17. The van der Waals surface area contributed by atoms with Crippen LogP contribution in [0, 0.1) is 0 Å². The molecule has 0 saturated carbocycles. The van der Waals surface area contributed by atoms with E-state index < -0.39 is 0 Å². The average molecular weight is 384 g/mol. The number of nitrogens with one attached hydrogen (secondary N) is 1. The van der Waals surface area contributed by atoms with Crippen LogP contribution in [0.5, 0.6) is 0 Å². The first kappa shape index (κ1) is 17.2. The second-order valence-corrected chi connectivity index (χ2v) is 7.71. The van der Waals surface area contributed by atoms with E-state index in [9.17, 15) is 4.79 Å². The summed E-state index contributed by atoms with van der Waals surface area (Å²) in [5.41, 5.74) is 3.28. The van der Waals surface area contributed by atoms with E-state index in [0.29, 0.717) is 10.6 Å². The van der Waals surface area contributed by atoms with Crippen LogP contribution in [0.4, 0.5) is 5.69 Å². The highest BCUT2D eigenvalue weighted by Crippen LogP contribution is 2.40. The van der Waals surface area contributed by atoms with Gasteiger partial charge in [0.05, 0.1) is 17.3 Å². The van der Waals surface area contributed by atoms with Crippen molar-refractivity contribution in [3.8, 4) is 0 Å². The maximum Gasteiger partial charge on any atom is 0.255 e. The van der Waals surface area contributed by atoms with Crippen molar-refractivity contribution in [2.24, 2.45) is 4.99 Å². The van der Waals surface area contributed by atoms with Crippen LogP contribution >= 0.6 is 23.4 Å². The Morgan fingerprint density at radius 1 is 1.19 bits per heavy atom. The number of carbonyl (C=O) groups is 1. The van der Waals surface area contributed by atoms with Crippen LogP contribution in [0.3, 0.4) is 0 Å². The van der Waals surface area contributed by atoms with Crippen LogP contribution in [0.2, 0.25) is 5.02 Å². The third-order valence-electron chi connectivity index (χ3n) is 4.51. The molecule has 2 aromatic carbocycles. The maximum atomic E-state index is 13.1. The van der Waals surface area contributed by atoms with Gasteiger partial charge in [-0.25, -0.2) is 4.99 Å². The molecule has 1 saturated heterocycles. The number of halogens is 1. The van der Waals surface area contributed by atoms with Crippen LogP contribution in [0.1, 0.15) is 18.5 Å². The summed E-state index contributed by atoms with van der Waals surface area (Å²) in [4.78, 5) is 20.0. The van der Waals surface area contributed by atoms with Crippen LogP contribution in [-0.2, 0) is 4.79 Å². The number of anilines is 1. The molecule has 0 aromatic heterocycles. The monoisotopic (exact) mass is 383 g/mol. The molecule has 4 nitrogen and oxygen atoms in total. The van der Waals surface area contributed by atoms with Gasteiger partial charge in [0, 0.05) is 23.0 Å². The fourth-order valence-corrected chi connectivity index (χ4v) is 4.47. The Hall–Kier alpha value is -2.24. The van der Waals surface area contributed by atoms with Gasteiger partial charge in [-0.05, 0) is 36.8 Å². The van der Waals surface area contributed by atoms with E-state index in [4.69, 9.17) is 11.6 Å². The van der Waals surface area contributed by atoms with Gasteiger partial charge in [-0.2, -0.15) is 0 Å². The fourth-order valence-electron chi connectivity index (χ4n) is 3.31. The average Bonchev–Trinajstić information content (AvgIpc) is 3.11. The first-order valence-electron chi connectivity index (χ1n) is 8.44. The Kier molecular flexibility index (Phi) is 4.74.